The van der Waals surface area contributed by atoms with E-state index in [4.69, 9.17) is 22.1 Å². The lowest BCUT2D eigenvalue weighted by molar-refractivity contribution is -0.128. The van der Waals surface area contributed by atoms with Crippen LogP contribution in [0.3, 0.4) is 0 Å². The van der Waals surface area contributed by atoms with Gasteiger partial charge in [0.2, 0.25) is 11.8 Å². The Hall–Kier alpha value is -2.51. The minimum Gasteiger partial charge on any atom is -0.497 e. The summed E-state index contributed by atoms with van der Waals surface area (Å²) >= 11 is 7.20. The molecule has 1 aliphatic rings. The van der Waals surface area contributed by atoms with E-state index in [0.717, 1.165) is 11.3 Å². The number of thioether (sulfide) groups is 1. The number of primary amides is 1. The molecule has 0 radical (unpaired) electrons. The molecular formula is C20H20ClN3O3S. The van der Waals surface area contributed by atoms with Crippen molar-refractivity contribution in [2.45, 2.75) is 18.1 Å². The number of hydrogen-bond donors (Lipinski definition) is 1. The van der Waals surface area contributed by atoms with Crippen molar-refractivity contribution < 1.29 is 14.3 Å². The van der Waals surface area contributed by atoms with Crippen LogP contribution >= 0.6 is 23.4 Å². The Labute approximate surface area is 172 Å². The number of benzene rings is 2. The van der Waals surface area contributed by atoms with Gasteiger partial charge in [-0.05, 0) is 48.4 Å². The fourth-order valence-corrected chi connectivity index (χ4v) is 4.10. The number of aliphatic imine (C=N–C) groups is 1. The third kappa shape index (κ3) is 5.05. The number of carbonyl (C=O) groups is 2. The third-order valence-corrected chi connectivity index (χ3v) is 5.67. The van der Waals surface area contributed by atoms with Gasteiger partial charge in [0.1, 0.15) is 11.0 Å². The molecule has 8 heteroatoms. The molecule has 2 aromatic rings. The summed E-state index contributed by atoms with van der Waals surface area (Å²) in [4.78, 5) is 30.3. The Morgan fingerprint density at radius 1 is 1.21 bits per heavy atom. The normalized spacial score (nSPS) is 17.9. The SMILES string of the molecule is COc1ccc(N=C2S[C@H](CC(N)=O)C(=O)N2CCc2ccc(Cl)cc2)cc1. The number of carbonyl (C=O) groups excluding carboxylic acids is 2. The van der Waals surface area contributed by atoms with Crippen LogP contribution in [-0.2, 0) is 16.0 Å². The molecule has 3 rings (SSSR count). The highest BCUT2D eigenvalue weighted by molar-refractivity contribution is 8.15. The highest BCUT2D eigenvalue weighted by Gasteiger charge is 2.38. The molecule has 146 valence electrons. The average Bonchev–Trinajstić information content (AvgIpc) is 2.96. The minimum atomic E-state index is -0.542. The van der Waals surface area contributed by atoms with Crippen molar-refractivity contribution in [3.8, 4) is 5.75 Å². The molecule has 1 saturated heterocycles. The van der Waals surface area contributed by atoms with E-state index in [1.54, 1.807) is 24.1 Å². The number of hydrogen-bond acceptors (Lipinski definition) is 5. The molecule has 0 saturated carbocycles. The molecule has 2 amide bonds. The predicted molar refractivity (Wildman–Crippen MR) is 112 cm³/mol. The highest BCUT2D eigenvalue weighted by Crippen LogP contribution is 2.32. The minimum absolute atomic E-state index is 0.0113. The van der Waals surface area contributed by atoms with E-state index >= 15 is 0 Å². The first kappa shape index (κ1) is 20.2. The summed E-state index contributed by atoms with van der Waals surface area (Å²) in [5.41, 5.74) is 7.06. The first-order valence-corrected chi connectivity index (χ1v) is 9.95. The zero-order valence-electron chi connectivity index (χ0n) is 15.3. The number of nitrogens with two attached hydrogens (primary N) is 1. The van der Waals surface area contributed by atoms with E-state index in [1.165, 1.54) is 11.8 Å². The fourth-order valence-electron chi connectivity index (χ4n) is 2.77. The molecule has 6 nitrogen and oxygen atoms in total. The van der Waals surface area contributed by atoms with E-state index in [1.807, 2.05) is 36.4 Å². The van der Waals surface area contributed by atoms with Crippen LogP contribution < -0.4 is 10.5 Å². The molecule has 1 fully saturated rings. The van der Waals surface area contributed by atoms with Gasteiger partial charge in [-0.1, -0.05) is 35.5 Å². The topological polar surface area (TPSA) is 85.0 Å². The number of ether oxygens (including phenoxy) is 1. The zero-order valence-corrected chi connectivity index (χ0v) is 16.9. The quantitative estimate of drug-likeness (QED) is 0.748. The summed E-state index contributed by atoms with van der Waals surface area (Å²) in [7, 11) is 1.60. The van der Waals surface area contributed by atoms with Crippen molar-refractivity contribution in [1.82, 2.24) is 4.90 Å². The van der Waals surface area contributed by atoms with Gasteiger partial charge in [0.25, 0.3) is 0 Å². The van der Waals surface area contributed by atoms with Gasteiger partial charge in [-0.25, -0.2) is 4.99 Å². The highest BCUT2D eigenvalue weighted by atomic mass is 35.5. The lowest BCUT2D eigenvalue weighted by Crippen LogP contribution is -2.35. The van der Waals surface area contributed by atoms with Crippen LogP contribution in [0.15, 0.2) is 53.5 Å². The molecule has 1 heterocycles. The largest absolute Gasteiger partial charge is 0.497 e. The third-order valence-electron chi connectivity index (χ3n) is 4.24. The number of rotatable bonds is 7. The van der Waals surface area contributed by atoms with Crippen LogP contribution in [0, 0.1) is 0 Å². The van der Waals surface area contributed by atoms with Crippen molar-refractivity contribution in [3.05, 3.63) is 59.1 Å². The van der Waals surface area contributed by atoms with Gasteiger partial charge in [-0.3, -0.25) is 14.5 Å². The summed E-state index contributed by atoms with van der Waals surface area (Å²) in [6.07, 6.45) is 0.636. The Morgan fingerprint density at radius 3 is 2.50 bits per heavy atom. The summed E-state index contributed by atoms with van der Waals surface area (Å²) < 4.78 is 5.16. The van der Waals surface area contributed by atoms with Gasteiger partial charge < -0.3 is 10.5 Å². The van der Waals surface area contributed by atoms with E-state index in [2.05, 4.69) is 4.99 Å². The van der Waals surface area contributed by atoms with Crippen LogP contribution in [0.2, 0.25) is 5.02 Å². The van der Waals surface area contributed by atoms with E-state index in [9.17, 15) is 9.59 Å². The number of amidine groups is 1. The second kappa shape index (κ2) is 9.12. The first-order chi connectivity index (χ1) is 13.5. The Bertz CT molecular complexity index is 885. The number of nitrogens with zero attached hydrogens (tertiary/aromatic N) is 2. The Morgan fingerprint density at radius 2 is 1.89 bits per heavy atom. The smallest absolute Gasteiger partial charge is 0.242 e. The second-order valence-corrected chi connectivity index (χ2v) is 7.84. The van der Waals surface area contributed by atoms with Crippen LogP contribution in [0.25, 0.3) is 0 Å². The van der Waals surface area contributed by atoms with Crippen LogP contribution in [0.5, 0.6) is 5.75 Å². The average molecular weight is 418 g/mol. The van der Waals surface area contributed by atoms with Gasteiger partial charge in [-0.15, -0.1) is 0 Å². The molecule has 2 N–H and O–H groups in total. The van der Waals surface area contributed by atoms with Crippen molar-refractivity contribution in [1.29, 1.82) is 0 Å². The van der Waals surface area contributed by atoms with Gasteiger partial charge in [-0.2, -0.15) is 0 Å². The van der Waals surface area contributed by atoms with Crippen molar-refractivity contribution >= 4 is 46.0 Å². The Kier molecular flexibility index (Phi) is 6.59. The zero-order chi connectivity index (χ0) is 20.1. The molecule has 0 bridgehead atoms. The molecule has 0 unspecified atom stereocenters. The molecular weight excluding hydrogens is 398 g/mol. The number of methoxy groups -OCH3 is 1. The molecule has 28 heavy (non-hydrogen) atoms. The molecule has 0 spiro atoms. The summed E-state index contributed by atoms with van der Waals surface area (Å²) in [6, 6.07) is 14.7. The van der Waals surface area contributed by atoms with Gasteiger partial charge >= 0.3 is 0 Å². The molecule has 2 aromatic carbocycles. The molecule has 0 aromatic heterocycles. The molecule has 1 atom stereocenters. The van der Waals surface area contributed by atoms with Gasteiger partial charge in [0.05, 0.1) is 12.8 Å². The van der Waals surface area contributed by atoms with Crippen LogP contribution in [0.4, 0.5) is 5.69 Å². The van der Waals surface area contributed by atoms with E-state index < -0.39 is 11.2 Å². The van der Waals surface area contributed by atoms with Crippen molar-refractivity contribution in [3.63, 3.8) is 0 Å². The van der Waals surface area contributed by atoms with Crippen molar-refractivity contribution in [2.75, 3.05) is 13.7 Å². The van der Waals surface area contributed by atoms with Crippen LogP contribution in [-0.4, -0.2) is 40.8 Å². The molecule has 1 aliphatic heterocycles. The predicted octanol–water partition coefficient (Wildman–Crippen LogP) is 3.40. The lowest BCUT2D eigenvalue weighted by atomic mass is 10.1. The summed E-state index contributed by atoms with van der Waals surface area (Å²) in [5.74, 6) is 0.0736. The van der Waals surface area contributed by atoms with E-state index in [0.29, 0.717) is 28.8 Å². The molecule has 0 aliphatic carbocycles. The lowest BCUT2D eigenvalue weighted by Gasteiger charge is -2.16. The Balaban J connectivity index is 1.80. The van der Waals surface area contributed by atoms with Gasteiger partial charge in [0.15, 0.2) is 5.17 Å². The number of amides is 2. The second-order valence-electron chi connectivity index (χ2n) is 6.24. The maximum absolute atomic E-state index is 12.8. The monoisotopic (exact) mass is 417 g/mol. The first-order valence-electron chi connectivity index (χ1n) is 8.70. The summed E-state index contributed by atoms with van der Waals surface area (Å²) in [5, 5.41) is 0.690. The standard InChI is InChI=1S/C20H20ClN3O3S/c1-27-16-8-6-15(7-9-16)23-20-24(19(26)17(28-20)12-18(22)25)11-10-13-2-4-14(21)5-3-13/h2-9,17H,10-12H2,1H3,(H2,22,25)/t17-/m1/s1. The maximum atomic E-state index is 12.8. The van der Waals surface area contributed by atoms with Crippen LogP contribution in [0.1, 0.15) is 12.0 Å². The van der Waals surface area contributed by atoms with E-state index in [-0.39, 0.29) is 12.3 Å². The maximum Gasteiger partial charge on any atom is 0.242 e. The van der Waals surface area contributed by atoms with Crippen molar-refractivity contribution in [2.24, 2.45) is 10.7 Å². The number of halogens is 1. The summed E-state index contributed by atoms with van der Waals surface area (Å²) in [6.45, 7) is 0.456. The van der Waals surface area contributed by atoms with Gasteiger partial charge in [0, 0.05) is 18.0 Å². The fraction of sp³-hybridized carbons (Fsp3) is 0.250.